The summed E-state index contributed by atoms with van der Waals surface area (Å²) in [7, 11) is 0. The van der Waals surface area contributed by atoms with Crippen LogP contribution in [-0.2, 0) is 0 Å². The fourth-order valence-electron chi connectivity index (χ4n) is 3.95. The molecule has 3 aliphatic rings. The molecule has 1 aliphatic heterocycles. The van der Waals surface area contributed by atoms with Crippen LogP contribution in [-0.4, -0.2) is 34.1 Å². The molecular weight excluding hydrogens is 290 g/mol. The molecule has 23 heavy (non-hydrogen) atoms. The molecule has 0 bridgehead atoms. The molecule has 2 atom stereocenters. The Hall–Kier alpha value is -1.53. The first-order chi connectivity index (χ1) is 11.1. The van der Waals surface area contributed by atoms with Crippen molar-refractivity contribution in [1.29, 1.82) is 0 Å². The molecule has 0 aromatic carbocycles. The maximum absolute atomic E-state index is 6.88. The number of nitrogens with one attached hydrogen (secondary N) is 1. The second kappa shape index (κ2) is 5.83. The zero-order chi connectivity index (χ0) is 15.9. The Morgan fingerprint density at radius 2 is 2.00 bits per heavy atom. The number of aromatic nitrogens is 2. The highest BCUT2D eigenvalue weighted by molar-refractivity contribution is 6.09. The lowest BCUT2D eigenvalue weighted by atomic mass is 9.68. The van der Waals surface area contributed by atoms with Crippen LogP contribution >= 0.6 is 0 Å². The summed E-state index contributed by atoms with van der Waals surface area (Å²) in [5.41, 5.74) is 7.27. The van der Waals surface area contributed by atoms with Crippen LogP contribution < -0.4 is 11.1 Å². The molecule has 0 radical (unpaired) electrons. The minimum Gasteiger partial charge on any atom is -0.334 e. The summed E-state index contributed by atoms with van der Waals surface area (Å²) in [6.45, 7) is 1.82. The van der Waals surface area contributed by atoms with Crippen molar-refractivity contribution in [2.24, 2.45) is 16.6 Å². The van der Waals surface area contributed by atoms with Crippen LogP contribution in [0.15, 0.2) is 15.6 Å². The molecule has 6 nitrogen and oxygen atoms in total. The first-order valence-electron chi connectivity index (χ1n) is 8.77. The molecule has 2 unspecified atom stereocenters. The molecule has 124 valence electrons. The van der Waals surface area contributed by atoms with Gasteiger partial charge in [0.15, 0.2) is 5.82 Å². The molecule has 0 amide bonds. The van der Waals surface area contributed by atoms with E-state index in [2.05, 4.69) is 21.5 Å². The van der Waals surface area contributed by atoms with E-state index in [0.29, 0.717) is 23.7 Å². The number of hydrogen-bond donors (Lipinski definition) is 2. The quantitative estimate of drug-likeness (QED) is 0.889. The van der Waals surface area contributed by atoms with Gasteiger partial charge >= 0.3 is 0 Å². The fraction of sp³-hybridized carbons (Fsp3) is 0.706. The van der Waals surface area contributed by atoms with Gasteiger partial charge in [0.1, 0.15) is 6.17 Å². The van der Waals surface area contributed by atoms with Gasteiger partial charge in [-0.2, -0.15) is 4.98 Å². The highest BCUT2D eigenvalue weighted by atomic mass is 16.5. The van der Waals surface area contributed by atoms with Crippen molar-refractivity contribution in [3.63, 3.8) is 0 Å². The van der Waals surface area contributed by atoms with E-state index in [1.807, 2.05) is 13.1 Å². The van der Waals surface area contributed by atoms with E-state index in [-0.39, 0.29) is 6.17 Å². The van der Waals surface area contributed by atoms with Crippen LogP contribution in [0.2, 0.25) is 0 Å². The molecular formula is C17H25N5O. The van der Waals surface area contributed by atoms with Gasteiger partial charge in [-0.15, -0.1) is 0 Å². The van der Waals surface area contributed by atoms with Crippen LogP contribution in [0.5, 0.6) is 0 Å². The van der Waals surface area contributed by atoms with Gasteiger partial charge in [0.05, 0.1) is 11.1 Å². The lowest BCUT2D eigenvalue weighted by Gasteiger charge is -2.46. The van der Waals surface area contributed by atoms with Crippen molar-refractivity contribution < 1.29 is 4.52 Å². The van der Waals surface area contributed by atoms with E-state index < -0.39 is 5.54 Å². The maximum Gasteiger partial charge on any atom is 0.259 e. The Labute approximate surface area is 136 Å². The molecule has 0 spiro atoms. The van der Waals surface area contributed by atoms with E-state index in [4.69, 9.17) is 15.2 Å². The Morgan fingerprint density at radius 1 is 1.22 bits per heavy atom. The predicted molar refractivity (Wildman–Crippen MR) is 88.9 cm³/mol. The number of aryl methyl sites for hydroxylation is 1. The summed E-state index contributed by atoms with van der Waals surface area (Å²) < 4.78 is 5.30. The average Bonchev–Trinajstić information content (AvgIpc) is 3.10. The Bertz CT molecular complexity index is 627. The lowest BCUT2D eigenvalue weighted by molar-refractivity contribution is 0.157. The van der Waals surface area contributed by atoms with E-state index in [1.54, 1.807) is 0 Å². The normalized spacial score (nSPS) is 32.1. The molecule has 4 rings (SSSR count). The monoisotopic (exact) mass is 315 g/mol. The van der Waals surface area contributed by atoms with Crippen LogP contribution in [0, 0.1) is 12.8 Å². The first kappa shape index (κ1) is 15.0. The third-order valence-electron chi connectivity index (χ3n) is 5.58. The topological polar surface area (TPSA) is 89.3 Å². The number of rotatable bonds is 4. The largest absolute Gasteiger partial charge is 0.334 e. The molecule has 2 aliphatic carbocycles. The van der Waals surface area contributed by atoms with Crippen molar-refractivity contribution in [2.75, 3.05) is 0 Å². The van der Waals surface area contributed by atoms with Gasteiger partial charge in [-0.1, -0.05) is 24.4 Å². The van der Waals surface area contributed by atoms with Gasteiger partial charge in [0.2, 0.25) is 0 Å². The fourth-order valence-corrected chi connectivity index (χ4v) is 3.95. The number of nitrogens with two attached hydrogens (primary N) is 1. The molecule has 2 saturated carbocycles. The second-order valence-corrected chi connectivity index (χ2v) is 7.20. The summed E-state index contributed by atoms with van der Waals surface area (Å²) >= 11 is 0. The number of aliphatic imine (C=N–C) groups is 1. The van der Waals surface area contributed by atoms with Gasteiger partial charge < -0.3 is 10.3 Å². The summed E-state index contributed by atoms with van der Waals surface area (Å²) in [6, 6.07) is 0.542. The maximum atomic E-state index is 6.88. The molecule has 6 heteroatoms. The van der Waals surface area contributed by atoms with Crippen molar-refractivity contribution in [1.82, 2.24) is 15.5 Å². The zero-order valence-electron chi connectivity index (χ0n) is 13.7. The Morgan fingerprint density at radius 3 is 2.61 bits per heavy atom. The van der Waals surface area contributed by atoms with E-state index in [0.717, 1.165) is 5.57 Å². The van der Waals surface area contributed by atoms with Gasteiger partial charge in [0.25, 0.3) is 5.89 Å². The van der Waals surface area contributed by atoms with Crippen molar-refractivity contribution in [2.45, 2.75) is 69.6 Å². The van der Waals surface area contributed by atoms with E-state index in [9.17, 15) is 0 Å². The van der Waals surface area contributed by atoms with Gasteiger partial charge in [0, 0.05) is 12.3 Å². The number of hydrogen-bond acceptors (Lipinski definition) is 6. The molecule has 1 aromatic heterocycles. The van der Waals surface area contributed by atoms with Crippen LogP contribution in [0.1, 0.15) is 56.7 Å². The molecule has 1 aromatic rings. The molecule has 0 saturated heterocycles. The second-order valence-electron chi connectivity index (χ2n) is 7.20. The average molecular weight is 315 g/mol. The highest BCUT2D eigenvalue weighted by Gasteiger charge is 2.46. The van der Waals surface area contributed by atoms with Gasteiger partial charge in [-0.3, -0.25) is 10.3 Å². The smallest absolute Gasteiger partial charge is 0.259 e. The summed E-state index contributed by atoms with van der Waals surface area (Å²) in [5.74, 6) is 1.62. The van der Waals surface area contributed by atoms with Crippen molar-refractivity contribution in [3.05, 3.63) is 17.8 Å². The highest BCUT2D eigenvalue weighted by Crippen LogP contribution is 2.41. The summed E-state index contributed by atoms with van der Waals surface area (Å²) in [4.78, 5) is 9.08. The molecule has 3 N–H and O–H groups in total. The van der Waals surface area contributed by atoms with Crippen LogP contribution in [0.25, 0.3) is 5.57 Å². The number of allylic oxidation sites excluding steroid dienone is 1. The summed E-state index contributed by atoms with van der Waals surface area (Å²) in [5, 5.41) is 7.58. The first-order valence-corrected chi connectivity index (χ1v) is 8.77. The minimum atomic E-state index is -0.465. The zero-order valence-corrected chi connectivity index (χ0v) is 13.7. The van der Waals surface area contributed by atoms with Gasteiger partial charge in [-0.25, -0.2) is 0 Å². The SMILES string of the molecule is Cc1noc(C2=CC(N)(C3CCC3)C(NC3CCCC3)N=C2)n1. The number of dihydropyridines is 1. The van der Waals surface area contributed by atoms with Crippen LogP contribution in [0.3, 0.4) is 0 Å². The van der Waals surface area contributed by atoms with E-state index in [1.165, 1.54) is 44.9 Å². The lowest BCUT2D eigenvalue weighted by Crippen LogP contribution is -2.63. The minimum absolute atomic E-state index is 0.0522. The third-order valence-corrected chi connectivity index (χ3v) is 5.58. The van der Waals surface area contributed by atoms with Crippen LogP contribution in [0.4, 0.5) is 0 Å². The molecule has 2 heterocycles. The third kappa shape index (κ3) is 2.74. The Balaban J connectivity index is 1.61. The number of nitrogens with zero attached hydrogens (tertiary/aromatic N) is 3. The molecule has 2 fully saturated rings. The predicted octanol–water partition coefficient (Wildman–Crippen LogP) is 2.20. The standard InChI is InChI=1S/C17H25N5O/c1-11-20-15(23-22-11)12-9-17(18,13-5-4-6-13)16(19-10-12)21-14-7-2-3-8-14/h9-10,13-14,16,21H,2-8,18H2,1H3. The van der Waals surface area contributed by atoms with Crippen molar-refractivity contribution >= 4 is 11.8 Å². The van der Waals surface area contributed by atoms with Crippen molar-refractivity contribution in [3.8, 4) is 0 Å². The summed E-state index contributed by atoms with van der Waals surface area (Å²) in [6.07, 6.45) is 12.6. The van der Waals surface area contributed by atoms with Gasteiger partial charge in [-0.05, 0) is 44.6 Å². The Kier molecular flexibility index (Phi) is 3.81. The van der Waals surface area contributed by atoms with E-state index >= 15 is 0 Å².